The van der Waals surface area contributed by atoms with Gasteiger partial charge in [0.25, 0.3) is 0 Å². The van der Waals surface area contributed by atoms with Gasteiger partial charge in [-0.25, -0.2) is 0 Å². The summed E-state index contributed by atoms with van der Waals surface area (Å²) in [5.41, 5.74) is 0.293. The molecule has 0 spiro atoms. The van der Waals surface area contributed by atoms with Crippen LogP contribution in [0.4, 0.5) is 13.2 Å². The molecule has 0 N–H and O–H groups in total. The minimum atomic E-state index is -4.78. The van der Waals surface area contributed by atoms with E-state index in [-0.39, 0.29) is 11.5 Å². The van der Waals surface area contributed by atoms with Crippen molar-refractivity contribution in [2.45, 2.75) is 51.8 Å². The zero-order chi connectivity index (χ0) is 18.6. The van der Waals surface area contributed by atoms with E-state index in [1.807, 2.05) is 6.08 Å². The van der Waals surface area contributed by atoms with Gasteiger partial charge in [-0.05, 0) is 56.6 Å². The normalized spacial score (nSPS) is 17.5. The van der Waals surface area contributed by atoms with Gasteiger partial charge in [-0.15, -0.1) is 13.2 Å². The second kappa shape index (κ2) is 8.23. The van der Waals surface area contributed by atoms with E-state index in [0.29, 0.717) is 30.4 Å². The van der Waals surface area contributed by atoms with E-state index in [2.05, 4.69) is 10.8 Å². The van der Waals surface area contributed by atoms with E-state index in [4.69, 9.17) is 9.47 Å². The molecule has 0 saturated heterocycles. The predicted octanol–water partition coefficient (Wildman–Crippen LogP) is 5.81. The minimum absolute atomic E-state index is 0.108. The molecule has 1 aromatic carbocycles. The SMILES string of the molecule is Cc1c(OC/C=C/C2CC2)ccc(OCCCC2CC2)c1OC(F)(F)F. The van der Waals surface area contributed by atoms with Crippen molar-refractivity contribution in [1.82, 2.24) is 0 Å². The van der Waals surface area contributed by atoms with Crippen molar-refractivity contribution in [3.8, 4) is 17.2 Å². The number of hydrogen-bond acceptors (Lipinski definition) is 3. The lowest BCUT2D eigenvalue weighted by Gasteiger charge is -2.18. The van der Waals surface area contributed by atoms with E-state index in [1.54, 1.807) is 13.0 Å². The fraction of sp³-hybridized carbons (Fsp3) is 0.600. The highest BCUT2D eigenvalue weighted by molar-refractivity contribution is 5.53. The van der Waals surface area contributed by atoms with Crippen LogP contribution in [0.3, 0.4) is 0 Å². The smallest absolute Gasteiger partial charge is 0.490 e. The fourth-order valence-corrected chi connectivity index (χ4v) is 2.80. The van der Waals surface area contributed by atoms with Crippen molar-refractivity contribution < 1.29 is 27.4 Å². The van der Waals surface area contributed by atoms with Gasteiger partial charge >= 0.3 is 6.36 Å². The highest BCUT2D eigenvalue weighted by Crippen LogP contribution is 2.40. The molecule has 0 bridgehead atoms. The molecular weight excluding hydrogens is 345 g/mol. The van der Waals surface area contributed by atoms with E-state index in [1.165, 1.54) is 31.7 Å². The molecular formula is C20H25F3O3. The zero-order valence-corrected chi connectivity index (χ0v) is 15.0. The first-order chi connectivity index (χ1) is 12.4. The summed E-state index contributed by atoms with van der Waals surface area (Å²) in [7, 11) is 0. The van der Waals surface area contributed by atoms with Crippen molar-refractivity contribution in [2.24, 2.45) is 11.8 Å². The van der Waals surface area contributed by atoms with Crippen molar-refractivity contribution in [3.05, 3.63) is 29.8 Å². The van der Waals surface area contributed by atoms with Crippen LogP contribution in [-0.2, 0) is 0 Å². The molecule has 26 heavy (non-hydrogen) atoms. The maximum absolute atomic E-state index is 12.8. The van der Waals surface area contributed by atoms with Crippen LogP contribution in [0.5, 0.6) is 17.2 Å². The van der Waals surface area contributed by atoms with E-state index < -0.39 is 6.36 Å². The average molecular weight is 370 g/mol. The van der Waals surface area contributed by atoms with Crippen molar-refractivity contribution in [3.63, 3.8) is 0 Å². The number of ether oxygens (including phenoxy) is 3. The van der Waals surface area contributed by atoms with Gasteiger partial charge < -0.3 is 14.2 Å². The van der Waals surface area contributed by atoms with Crippen molar-refractivity contribution in [2.75, 3.05) is 13.2 Å². The molecule has 0 aromatic heterocycles. The lowest BCUT2D eigenvalue weighted by molar-refractivity contribution is -0.275. The molecule has 3 nitrogen and oxygen atoms in total. The monoisotopic (exact) mass is 370 g/mol. The molecule has 2 fully saturated rings. The molecule has 6 heteroatoms. The first-order valence-corrected chi connectivity index (χ1v) is 9.24. The lowest BCUT2D eigenvalue weighted by atomic mass is 10.2. The Kier molecular flexibility index (Phi) is 5.99. The number of halogens is 3. The summed E-state index contributed by atoms with van der Waals surface area (Å²) in [5.74, 6) is 1.57. The van der Waals surface area contributed by atoms with E-state index in [0.717, 1.165) is 18.8 Å². The first-order valence-electron chi connectivity index (χ1n) is 9.24. The Morgan fingerprint density at radius 3 is 2.46 bits per heavy atom. The lowest BCUT2D eigenvalue weighted by Crippen LogP contribution is -2.19. The fourth-order valence-electron chi connectivity index (χ4n) is 2.80. The number of alkyl halides is 3. The second-order valence-corrected chi connectivity index (χ2v) is 7.07. The third-order valence-electron chi connectivity index (χ3n) is 4.61. The standard InChI is InChI=1S/C20H25F3O3/c1-14-17(24-12-2-4-15-6-7-15)10-11-18(19(14)26-20(21,22)23)25-13-3-5-16-8-9-16/h2,4,10-11,15-16H,3,5-9,12-13H2,1H3/b4-2+. The molecule has 1 aromatic rings. The summed E-state index contributed by atoms with van der Waals surface area (Å²) in [6.07, 6.45) is 6.01. The van der Waals surface area contributed by atoms with Gasteiger partial charge in [0, 0.05) is 5.56 Å². The molecule has 144 valence electrons. The molecule has 0 radical (unpaired) electrons. The Hall–Kier alpha value is -1.85. The second-order valence-electron chi connectivity index (χ2n) is 7.07. The van der Waals surface area contributed by atoms with Crippen LogP contribution in [0.25, 0.3) is 0 Å². The van der Waals surface area contributed by atoms with Gasteiger partial charge in [0.2, 0.25) is 0 Å². The quantitative estimate of drug-likeness (QED) is 0.384. The number of rotatable bonds is 10. The molecule has 0 atom stereocenters. The number of allylic oxidation sites excluding steroid dienone is 1. The molecule has 2 saturated carbocycles. The molecule has 2 aliphatic rings. The van der Waals surface area contributed by atoms with Gasteiger partial charge in [-0.2, -0.15) is 0 Å². The number of hydrogen-bond donors (Lipinski definition) is 0. The van der Waals surface area contributed by atoms with Crippen LogP contribution in [0, 0.1) is 18.8 Å². The Balaban J connectivity index is 1.64. The van der Waals surface area contributed by atoms with Crippen LogP contribution < -0.4 is 14.2 Å². The summed E-state index contributed by atoms with van der Waals surface area (Å²) in [6, 6.07) is 3.13. The van der Waals surface area contributed by atoms with Gasteiger partial charge in [-0.1, -0.05) is 25.0 Å². The Bertz CT molecular complexity index is 632. The van der Waals surface area contributed by atoms with Gasteiger partial charge in [0.1, 0.15) is 12.4 Å². The molecule has 0 heterocycles. The third-order valence-corrected chi connectivity index (χ3v) is 4.61. The summed E-state index contributed by atoms with van der Waals surface area (Å²) >= 11 is 0. The summed E-state index contributed by atoms with van der Waals surface area (Å²) in [5, 5.41) is 0. The van der Waals surface area contributed by atoms with Gasteiger partial charge in [-0.3, -0.25) is 0 Å². The summed E-state index contributed by atoms with van der Waals surface area (Å²) in [6.45, 7) is 2.26. The zero-order valence-electron chi connectivity index (χ0n) is 15.0. The highest BCUT2D eigenvalue weighted by Gasteiger charge is 2.34. The molecule has 0 aliphatic heterocycles. The maximum Gasteiger partial charge on any atom is 0.573 e. The largest absolute Gasteiger partial charge is 0.573 e. The Morgan fingerprint density at radius 2 is 1.81 bits per heavy atom. The van der Waals surface area contributed by atoms with Crippen LogP contribution in [-0.4, -0.2) is 19.6 Å². The molecule has 0 unspecified atom stereocenters. The Morgan fingerprint density at radius 1 is 1.08 bits per heavy atom. The van der Waals surface area contributed by atoms with Crippen LogP contribution in [0.1, 0.15) is 44.1 Å². The van der Waals surface area contributed by atoms with Crippen LogP contribution in [0.2, 0.25) is 0 Å². The average Bonchev–Trinajstić information content (AvgIpc) is 3.46. The molecule has 0 amide bonds. The maximum atomic E-state index is 12.8. The predicted molar refractivity (Wildman–Crippen MR) is 92.7 cm³/mol. The number of benzene rings is 1. The van der Waals surface area contributed by atoms with E-state index in [9.17, 15) is 13.2 Å². The van der Waals surface area contributed by atoms with Gasteiger partial charge in [0.05, 0.1) is 6.61 Å². The van der Waals surface area contributed by atoms with Crippen LogP contribution in [0.15, 0.2) is 24.3 Å². The first kappa shape index (κ1) is 18.9. The van der Waals surface area contributed by atoms with E-state index >= 15 is 0 Å². The van der Waals surface area contributed by atoms with Crippen molar-refractivity contribution >= 4 is 0 Å². The Labute approximate surface area is 152 Å². The summed E-state index contributed by atoms with van der Waals surface area (Å²) < 4.78 is 53.8. The molecule has 2 aliphatic carbocycles. The highest BCUT2D eigenvalue weighted by atomic mass is 19.4. The van der Waals surface area contributed by atoms with Crippen molar-refractivity contribution in [1.29, 1.82) is 0 Å². The summed E-state index contributed by atoms with van der Waals surface area (Å²) in [4.78, 5) is 0. The topological polar surface area (TPSA) is 27.7 Å². The van der Waals surface area contributed by atoms with Crippen LogP contribution >= 0.6 is 0 Å². The third kappa shape index (κ3) is 6.15. The molecule has 3 rings (SSSR count). The minimum Gasteiger partial charge on any atom is -0.490 e. The van der Waals surface area contributed by atoms with Gasteiger partial charge in [0.15, 0.2) is 11.5 Å².